The van der Waals surface area contributed by atoms with Crippen LogP contribution in [-0.2, 0) is 20.7 Å². The second-order valence-corrected chi connectivity index (χ2v) is 6.94. The molecular weight excluding hydrogens is 402 g/mol. The summed E-state index contributed by atoms with van der Waals surface area (Å²) in [5.41, 5.74) is 0.490. The van der Waals surface area contributed by atoms with Gasteiger partial charge in [-0.15, -0.1) is 0 Å². The summed E-state index contributed by atoms with van der Waals surface area (Å²) >= 11 is 0. The first-order chi connectivity index (χ1) is 14.8. The normalized spacial score (nSPS) is 13.7. The SMILES string of the molecule is CCOC(=O)C(C(O)c1ccccc1[N+](=O)[O-])N(C)C(=O)C(Cc1ccccc1)NC. The van der Waals surface area contributed by atoms with Gasteiger partial charge >= 0.3 is 5.97 Å². The van der Waals surface area contributed by atoms with Gasteiger partial charge in [0.1, 0.15) is 6.10 Å². The molecule has 0 aliphatic heterocycles. The molecule has 3 atom stereocenters. The molecule has 166 valence electrons. The molecule has 0 bridgehead atoms. The molecule has 2 aromatic rings. The number of carbonyl (C=O) groups is 2. The van der Waals surface area contributed by atoms with E-state index in [1.165, 1.54) is 31.3 Å². The number of nitro groups is 1. The minimum absolute atomic E-state index is 0.0282. The van der Waals surface area contributed by atoms with E-state index in [4.69, 9.17) is 4.74 Å². The first-order valence-corrected chi connectivity index (χ1v) is 9.87. The van der Waals surface area contributed by atoms with Crippen LogP contribution in [0.3, 0.4) is 0 Å². The Morgan fingerprint density at radius 1 is 1.16 bits per heavy atom. The van der Waals surface area contributed by atoms with Crippen LogP contribution in [0.4, 0.5) is 5.69 Å². The second-order valence-electron chi connectivity index (χ2n) is 6.94. The fourth-order valence-electron chi connectivity index (χ4n) is 3.35. The van der Waals surface area contributed by atoms with Crippen molar-refractivity contribution in [1.82, 2.24) is 10.2 Å². The van der Waals surface area contributed by atoms with Gasteiger partial charge in [0.25, 0.3) is 5.69 Å². The predicted octanol–water partition coefficient (Wildman–Crippen LogP) is 1.85. The zero-order chi connectivity index (χ0) is 23.0. The number of ether oxygens (including phenoxy) is 1. The maximum absolute atomic E-state index is 13.2. The van der Waals surface area contributed by atoms with Gasteiger partial charge in [-0.1, -0.05) is 42.5 Å². The molecule has 9 nitrogen and oxygen atoms in total. The lowest BCUT2D eigenvalue weighted by Gasteiger charge is -2.32. The molecule has 0 aromatic heterocycles. The van der Waals surface area contributed by atoms with Crippen molar-refractivity contribution in [2.24, 2.45) is 0 Å². The standard InChI is InChI=1S/C22H27N3O6/c1-4-31-22(28)19(20(26)16-12-8-9-13-18(16)25(29)30)24(3)21(27)17(23-2)14-15-10-6-5-7-11-15/h5-13,17,19-20,23,26H,4,14H2,1-3H3. The van der Waals surface area contributed by atoms with Gasteiger partial charge in [0, 0.05) is 13.1 Å². The molecule has 9 heteroatoms. The van der Waals surface area contributed by atoms with E-state index in [2.05, 4.69) is 5.32 Å². The molecular formula is C22H27N3O6. The first kappa shape index (κ1) is 24.0. The minimum atomic E-state index is -1.65. The smallest absolute Gasteiger partial charge is 0.331 e. The third-order valence-electron chi connectivity index (χ3n) is 4.97. The summed E-state index contributed by atoms with van der Waals surface area (Å²) in [4.78, 5) is 37.7. The number of nitro benzene ring substituents is 1. The Morgan fingerprint density at radius 2 is 1.77 bits per heavy atom. The fourth-order valence-corrected chi connectivity index (χ4v) is 3.35. The number of aliphatic hydroxyl groups is 1. The lowest BCUT2D eigenvalue weighted by Crippen LogP contribution is -2.53. The number of rotatable bonds is 10. The van der Waals surface area contributed by atoms with E-state index in [9.17, 15) is 24.8 Å². The van der Waals surface area contributed by atoms with Gasteiger partial charge in [0.2, 0.25) is 5.91 Å². The van der Waals surface area contributed by atoms with E-state index in [0.717, 1.165) is 10.5 Å². The summed E-state index contributed by atoms with van der Waals surface area (Å²) < 4.78 is 5.07. The molecule has 0 spiro atoms. The summed E-state index contributed by atoms with van der Waals surface area (Å²) in [5, 5.41) is 25.3. The molecule has 2 rings (SSSR count). The number of likely N-dealkylation sites (N-methyl/N-ethyl adjacent to an activating group) is 2. The number of carbonyl (C=O) groups excluding carboxylic acids is 2. The number of benzene rings is 2. The van der Waals surface area contributed by atoms with Crippen LogP contribution in [0, 0.1) is 10.1 Å². The van der Waals surface area contributed by atoms with Crippen LogP contribution in [0.25, 0.3) is 0 Å². The molecule has 0 fully saturated rings. The number of hydrogen-bond donors (Lipinski definition) is 2. The summed E-state index contributed by atoms with van der Waals surface area (Å²) in [6.07, 6.45) is -1.29. The molecule has 0 aliphatic carbocycles. The Kier molecular flexibility index (Phi) is 8.65. The monoisotopic (exact) mass is 429 g/mol. The molecule has 0 saturated carbocycles. The lowest BCUT2D eigenvalue weighted by molar-refractivity contribution is -0.386. The molecule has 31 heavy (non-hydrogen) atoms. The number of nitrogens with zero attached hydrogens (tertiary/aromatic N) is 2. The van der Waals surface area contributed by atoms with Crippen LogP contribution < -0.4 is 5.32 Å². The summed E-state index contributed by atoms with van der Waals surface area (Å²) in [6, 6.07) is 12.8. The van der Waals surface area contributed by atoms with Crippen molar-refractivity contribution in [3.8, 4) is 0 Å². The van der Waals surface area contributed by atoms with Crippen molar-refractivity contribution in [1.29, 1.82) is 0 Å². The highest BCUT2D eigenvalue weighted by atomic mass is 16.6. The highest BCUT2D eigenvalue weighted by Gasteiger charge is 2.40. The molecule has 0 saturated heterocycles. The van der Waals surface area contributed by atoms with Crippen LogP contribution in [0.5, 0.6) is 0 Å². The molecule has 3 unspecified atom stereocenters. The summed E-state index contributed by atoms with van der Waals surface area (Å²) in [7, 11) is 2.99. The van der Waals surface area contributed by atoms with Crippen LogP contribution in [0.15, 0.2) is 54.6 Å². The highest BCUT2D eigenvalue weighted by Crippen LogP contribution is 2.30. The summed E-state index contributed by atoms with van der Waals surface area (Å²) in [5.74, 6) is -1.30. The summed E-state index contributed by atoms with van der Waals surface area (Å²) in [6.45, 7) is 1.63. The number of nitrogens with one attached hydrogen (secondary N) is 1. The van der Waals surface area contributed by atoms with Gasteiger partial charge in [-0.05, 0) is 32.0 Å². The van der Waals surface area contributed by atoms with Crippen molar-refractivity contribution in [3.63, 3.8) is 0 Å². The van der Waals surface area contributed by atoms with Crippen LogP contribution in [0.2, 0.25) is 0 Å². The molecule has 0 heterocycles. The number of esters is 1. The number of hydrogen-bond acceptors (Lipinski definition) is 7. The maximum atomic E-state index is 13.2. The Balaban J connectivity index is 2.37. The van der Waals surface area contributed by atoms with Crippen molar-refractivity contribution < 1.29 is 24.4 Å². The Morgan fingerprint density at radius 3 is 2.35 bits per heavy atom. The zero-order valence-corrected chi connectivity index (χ0v) is 17.7. The second kappa shape index (κ2) is 11.2. The molecule has 2 aromatic carbocycles. The van der Waals surface area contributed by atoms with E-state index < -0.39 is 35.0 Å². The number of para-hydroxylation sites is 1. The van der Waals surface area contributed by atoms with Gasteiger partial charge < -0.3 is 20.1 Å². The van der Waals surface area contributed by atoms with Crippen molar-refractivity contribution >= 4 is 17.6 Å². The predicted molar refractivity (Wildman–Crippen MR) is 114 cm³/mol. The van der Waals surface area contributed by atoms with E-state index in [1.807, 2.05) is 30.3 Å². The molecule has 2 N–H and O–H groups in total. The topological polar surface area (TPSA) is 122 Å². The maximum Gasteiger partial charge on any atom is 0.331 e. The molecule has 0 radical (unpaired) electrons. The number of aliphatic hydroxyl groups excluding tert-OH is 1. The Bertz CT molecular complexity index is 905. The van der Waals surface area contributed by atoms with E-state index >= 15 is 0 Å². The molecule has 1 amide bonds. The third-order valence-corrected chi connectivity index (χ3v) is 4.97. The fraction of sp³-hybridized carbons (Fsp3) is 0.364. The average molecular weight is 429 g/mol. The van der Waals surface area contributed by atoms with Crippen molar-refractivity contribution in [2.75, 3.05) is 20.7 Å². The third kappa shape index (κ3) is 5.87. The number of amides is 1. The average Bonchev–Trinajstić information content (AvgIpc) is 2.77. The first-order valence-electron chi connectivity index (χ1n) is 9.87. The van der Waals surface area contributed by atoms with Crippen LogP contribution >= 0.6 is 0 Å². The highest BCUT2D eigenvalue weighted by molar-refractivity contribution is 5.88. The van der Waals surface area contributed by atoms with E-state index in [1.54, 1.807) is 14.0 Å². The Labute approximate surface area is 180 Å². The van der Waals surface area contributed by atoms with Crippen molar-refractivity contribution in [3.05, 3.63) is 75.8 Å². The largest absolute Gasteiger partial charge is 0.464 e. The minimum Gasteiger partial charge on any atom is -0.464 e. The quantitative estimate of drug-likeness (QED) is 0.336. The van der Waals surface area contributed by atoms with E-state index in [0.29, 0.717) is 6.42 Å². The Hall–Kier alpha value is -3.30. The van der Waals surface area contributed by atoms with Gasteiger partial charge in [-0.2, -0.15) is 0 Å². The lowest BCUT2D eigenvalue weighted by atomic mass is 9.98. The van der Waals surface area contributed by atoms with Gasteiger partial charge in [0.05, 0.1) is 23.1 Å². The van der Waals surface area contributed by atoms with Gasteiger partial charge in [-0.25, -0.2) is 4.79 Å². The van der Waals surface area contributed by atoms with E-state index in [-0.39, 0.29) is 17.9 Å². The zero-order valence-electron chi connectivity index (χ0n) is 17.7. The van der Waals surface area contributed by atoms with Gasteiger partial charge in [-0.3, -0.25) is 14.9 Å². The van der Waals surface area contributed by atoms with Crippen molar-refractivity contribution in [2.45, 2.75) is 31.5 Å². The molecule has 0 aliphatic rings. The van der Waals surface area contributed by atoms with Gasteiger partial charge in [0.15, 0.2) is 6.04 Å². The van der Waals surface area contributed by atoms with Crippen LogP contribution in [0.1, 0.15) is 24.2 Å². The van der Waals surface area contributed by atoms with Crippen LogP contribution in [-0.4, -0.2) is 59.6 Å².